The van der Waals surface area contributed by atoms with Gasteiger partial charge >= 0.3 is 5.97 Å². The van der Waals surface area contributed by atoms with Gasteiger partial charge in [0.15, 0.2) is 5.78 Å². The number of ketones is 1. The smallest absolute Gasteiger partial charge is 0.364 e. The third-order valence-electron chi connectivity index (χ3n) is 1.21. The lowest BCUT2D eigenvalue weighted by atomic mass is 10.2. The van der Waals surface area contributed by atoms with Crippen LogP contribution in [0.4, 0.5) is 0 Å². The summed E-state index contributed by atoms with van der Waals surface area (Å²) in [6.07, 6.45) is 0. The monoisotopic (exact) mass is 215 g/mol. The summed E-state index contributed by atoms with van der Waals surface area (Å²) in [5, 5.41) is 3.51. The minimum Gasteiger partial charge on any atom is -0.461 e. The van der Waals surface area contributed by atoms with Crippen molar-refractivity contribution in [1.82, 2.24) is 0 Å². The van der Waals surface area contributed by atoms with E-state index in [2.05, 4.69) is 9.89 Å². The van der Waals surface area contributed by atoms with Crippen LogP contribution in [0.5, 0.6) is 0 Å². The van der Waals surface area contributed by atoms with Crippen molar-refractivity contribution in [1.29, 1.82) is 0 Å². The van der Waals surface area contributed by atoms with Crippen LogP contribution in [0.3, 0.4) is 0 Å². The van der Waals surface area contributed by atoms with Crippen LogP contribution >= 0.6 is 0 Å². The number of nitrogens with zero attached hydrogens (tertiary/aromatic N) is 1. The molecule has 0 atom stereocenters. The van der Waals surface area contributed by atoms with E-state index in [-0.39, 0.29) is 12.3 Å². The molecule has 0 fully saturated rings. The van der Waals surface area contributed by atoms with Crippen molar-refractivity contribution in [2.45, 2.75) is 40.2 Å². The Kier molecular flexibility index (Phi) is 4.97. The van der Waals surface area contributed by atoms with E-state index in [1.807, 2.05) is 0 Å². The first kappa shape index (κ1) is 13.6. The second-order valence-electron chi connectivity index (χ2n) is 3.92. The van der Waals surface area contributed by atoms with Gasteiger partial charge in [-0.05, 0) is 27.7 Å². The minimum atomic E-state index is -0.755. The molecule has 0 saturated heterocycles. The highest BCUT2D eigenvalue weighted by atomic mass is 16.7. The first-order valence-electron chi connectivity index (χ1n) is 4.72. The maximum Gasteiger partial charge on any atom is 0.364 e. The number of oxime groups is 1. The Labute approximate surface area is 89.4 Å². The average molecular weight is 215 g/mol. The van der Waals surface area contributed by atoms with Crippen LogP contribution < -0.4 is 0 Å². The Balaban J connectivity index is 4.67. The molecule has 0 aliphatic heterocycles. The topological polar surface area (TPSA) is 65.0 Å². The van der Waals surface area contributed by atoms with Gasteiger partial charge in [0.2, 0.25) is 5.71 Å². The molecular weight excluding hydrogens is 198 g/mol. The molecule has 0 aliphatic rings. The van der Waals surface area contributed by atoms with Gasteiger partial charge in [-0.1, -0.05) is 5.16 Å². The molecule has 0 aromatic rings. The van der Waals surface area contributed by atoms with Gasteiger partial charge in [-0.2, -0.15) is 0 Å². The third kappa shape index (κ3) is 5.83. The molecule has 0 N–H and O–H groups in total. The van der Waals surface area contributed by atoms with Crippen LogP contribution in [0, 0.1) is 0 Å². The van der Waals surface area contributed by atoms with E-state index in [0.717, 1.165) is 0 Å². The number of carbonyl (C=O) groups excluding carboxylic acids is 2. The quantitative estimate of drug-likeness (QED) is 0.307. The van der Waals surface area contributed by atoms with Gasteiger partial charge in [0.05, 0.1) is 6.61 Å². The Hall–Kier alpha value is -1.39. The minimum absolute atomic E-state index is 0.195. The zero-order chi connectivity index (χ0) is 12.1. The van der Waals surface area contributed by atoms with Gasteiger partial charge in [-0.15, -0.1) is 0 Å². The highest BCUT2D eigenvalue weighted by Crippen LogP contribution is 2.07. The normalized spacial score (nSPS) is 12.2. The van der Waals surface area contributed by atoms with E-state index in [1.165, 1.54) is 6.92 Å². The number of ether oxygens (including phenoxy) is 1. The van der Waals surface area contributed by atoms with Crippen molar-refractivity contribution >= 4 is 17.5 Å². The summed E-state index contributed by atoms with van der Waals surface area (Å²) in [6.45, 7) is 8.38. The first-order valence-corrected chi connectivity index (χ1v) is 4.72. The summed E-state index contributed by atoms with van der Waals surface area (Å²) < 4.78 is 4.66. The highest BCUT2D eigenvalue weighted by molar-refractivity contribution is 6.63. The fraction of sp³-hybridized carbons (Fsp3) is 0.700. The van der Waals surface area contributed by atoms with Crippen LogP contribution in [0.25, 0.3) is 0 Å². The van der Waals surface area contributed by atoms with Gasteiger partial charge in [0.25, 0.3) is 0 Å². The van der Waals surface area contributed by atoms with E-state index in [0.29, 0.717) is 0 Å². The third-order valence-corrected chi connectivity index (χ3v) is 1.21. The molecule has 0 amide bonds. The molecule has 0 unspecified atom stereocenters. The molecule has 0 rings (SSSR count). The molecule has 0 saturated carbocycles. The summed E-state index contributed by atoms with van der Waals surface area (Å²) in [6, 6.07) is 0. The predicted octanol–water partition coefficient (Wildman–Crippen LogP) is 1.31. The van der Waals surface area contributed by atoms with E-state index in [9.17, 15) is 9.59 Å². The predicted molar refractivity (Wildman–Crippen MR) is 55.6 cm³/mol. The molecule has 0 aromatic heterocycles. The molecule has 0 radical (unpaired) electrons. The van der Waals surface area contributed by atoms with Crippen molar-refractivity contribution in [2.24, 2.45) is 5.16 Å². The van der Waals surface area contributed by atoms with E-state index >= 15 is 0 Å². The Morgan fingerprint density at radius 2 is 1.80 bits per heavy atom. The lowest BCUT2D eigenvalue weighted by Gasteiger charge is -2.15. The molecule has 0 aromatic carbocycles. The van der Waals surface area contributed by atoms with E-state index in [4.69, 9.17) is 4.84 Å². The van der Waals surface area contributed by atoms with Crippen molar-refractivity contribution in [3.8, 4) is 0 Å². The highest BCUT2D eigenvalue weighted by Gasteiger charge is 2.20. The average Bonchev–Trinajstić information content (AvgIpc) is 2.01. The summed E-state index contributed by atoms with van der Waals surface area (Å²) in [7, 11) is 0. The number of esters is 1. The molecular formula is C10H17NO4. The summed E-state index contributed by atoms with van der Waals surface area (Å²) in [5.74, 6) is -1.23. The first-order chi connectivity index (χ1) is 6.78. The largest absolute Gasteiger partial charge is 0.461 e. The van der Waals surface area contributed by atoms with Crippen LogP contribution in [0.15, 0.2) is 5.16 Å². The van der Waals surface area contributed by atoms with Gasteiger partial charge in [0, 0.05) is 6.92 Å². The Bertz CT molecular complexity index is 276. The fourth-order valence-corrected chi connectivity index (χ4v) is 0.627. The van der Waals surface area contributed by atoms with Crippen molar-refractivity contribution in [3.05, 3.63) is 0 Å². The lowest BCUT2D eigenvalue weighted by Crippen LogP contribution is -2.27. The summed E-state index contributed by atoms with van der Waals surface area (Å²) in [5.41, 5.74) is -0.862. The van der Waals surface area contributed by atoms with Crippen LogP contribution in [0.2, 0.25) is 0 Å². The lowest BCUT2D eigenvalue weighted by molar-refractivity contribution is -0.136. The number of hydrogen-bond acceptors (Lipinski definition) is 5. The van der Waals surface area contributed by atoms with Crippen molar-refractivity contribution in [2.75, 3.05) is 6.61 Å². The fourth-order valence-electron chi connectivity index (χ4n) is 0.627. The van der Waals surface area contributed by atoms with Gasteiger partial charge in [-0.3, -0.25) is 4.79 Å². The van der Waals surface area contributed by atoms with Gasteiger partial charge in [0.1, 0.15) is 5.60 Å². The molecule has 5 heteroatoms. The number of rotatable bonds is 4. The second kappa shape index (κ2) is 5.48. The van der Waals surface area contributed by atoms with Crippen LogP contribution in [-0.4, -0.2) is 29.7 Å². The number of hydrogen-bond donors (Lipinski definition) is 0. The molecule has 0 aliphatic carbocycles. The number of carbonyl (C=O) groups is 2. The maximum atomic E-state index is 11.2. The van der Waals surface area contributed by atoms with E-state index in [1.54, 1.807) is 27.7 Å². The zero-order valence-electron chi connectivity index (χ0n) is 9.79. The molecule has 0 spiro atoms. The number of Topliss-reactive ketones (excluding diaryl/α,β-unsaturated/α-hetero) is 1. The molecule has 5 nitrogen and oxygen atoms in total. The maximum absolute atomic E-state index is 11.2. The van der Waals surface area contributed by atoms with Crippen molar-refractivity contribution in [3.63, 3.8) is 0 Å². The molecule has 0 bridgehead atoms. The standard InChI is InChI=1S/C10H17NO4/c1-6-14-9(13)8(7(2)12)11-15-10(3,4)5/h6H2,1-5H3. The summed E-state index contributed by atoms with van der Waals surface area (Å²) in [4.78, 5) is 27.3. The van der Waals surface area contributed by atoms with Crippen LogP contribution in [-0.2, 0) is 19.2 Å². The SMILES string of the molecule is CCOC(=O)C(=NOC(C)(C)C)C(C)=O. The van der Waals surface area contributed by atoms with E-state index < -0.39 is 17.4 Å². The molecule has 0 heterocycles. The molecule has 86 valence electrons. The Morgan fingerprint density at radius 1 is 1.27 bits per heavy atom. The van der Waals surface area contributed by atoms with Gasteiger partial charge in [-0.25, -0.2) is 4.79 Å². The van der Waals surface area contributed by atoms with Crippen molar-refractivity contribution < 1.29 is 19.2 Å². The molecule has 15 heavy (non-hydrogen) atoms. The second-order valence-corrected chi connectivity index (χ2v) is 3.92. The van der Waals surface area contributed by atoms with Gasteiger partial charge < -0.3 is 9.57 Å². The summed E-state index contributed by atoms with van der Waals surface area (Å²) >= 11 is 0. The zero-order valence-corrected chi connectivity index (χ0v) is 9.79. The van der Waals surface area contributed by atoms with Crippen LogP contribution in [0.1, 0.15) is 34.6 Å². The Morgan fingerprint density at radius 3 is 2.13 bits per heavy atom.